The summed E-state index contributed by atoms with van der Waals surface area (Å²) in [5, 5.41) is 2.08. The molecule has 1 aromatic heterocycles. The molecule has 4 saturated heterocycles. The van der Waals surface area contributed by atoms with Gasteiger partial charge in [-0.05, 0) is 140 Å². The molecule has 13 heteroatoms. The molecule has 358 valence electrons. The van der Waals surface area contributed by atoms with E-state index in [2.05, 4.69) is 98.9 Å². The summed E-state index contributed by atoms with van der Waals surface area (Å²) in [6.45, 7) is 18.1. The molecule has 4 amide bonds. The Hall–Kier alpha value is -4.36. The molecule has 0 saturated carbocycles. The third-order valence-corrected chi connectivity index (χ3v) is 14.8. The molecule has 68 heavy (non-hydrogen) atoms. The Bertz CT molecular complexity index is 2640. The normalized spacial score (nSPS) is 24.9. The number of alkyl halides is 1. The van der Waals surface area contributed by atoms with Crippen LogP contribution in [-0.2, 0) is 25.6 Å². The summed E-state index contributed by atoms with van der Waals surface area (Å²) in [4.78, 5) is 65.0. The fourth-order valence-corrected chi connectivity index (χ4v) is 12.2. The standard InChI is InChI=1S/C28H34N2O3.C22H25N3O3.C5H9Br.Na.H/c1-16(2)8-10-20-21-14-18(33-5)9-11-19(21)22-15-25-27(31)29-12-6-7-23(29)28(32)30(25)24(26(20)22)13-17(3)4;1-12(2)9-18-20-15(14-7-6-13(28-3)10-16(14)23-20)11-19-21(26)24-8-4-5-17(24)22(27)25(18)19;1-5(2)3-4-6;;/h8-9,11,13-14,20,23-25H,6-7,10,12,15H2,1-5H3;6-7,9-10,17-19,23H,4-5,8,11H2,1-3H3;3H,4H2,1-2H3;;/q;;;+1;-1/t20?,23-,24-,25-;17-,18-,19-;;;/m00.../s1. The number of H-pyrrole nitrogens is 1. The second-order valence-electron chi connectivity index (χ2n) is 20.0. The molecule has 10 rings (SSSR count). The van der Waals surface area contributed by atoms with E-state index in [4.69, 9.17) is 9.47 Å². The van der Waals surface area contributed by atoms with Crippen LogP contribution in [0.1, 0.15) is 130 Å². The third-order valence-electron chi connectivity index (χ3n) is 14.5. The Morgan fingerprint density at radius 2 is 1.24 bits per heavy atom. The Morgan fingerprint density at radius 1 is 0.691 bits per heavy atom. The minimum absolute atomic E-state index is 0. The largest absolute Gasteiger partial charge is 1.00 e. The minimum Gasteiger partial charge on any atom is -1.00 e. The fraction of sp³-hybridized carbons (Fsp3) is 0.491. The summed E-state index contributed by atoms with van der Waals surface area (Å²) in [5.41, 5.74) is 13.1. The molecule has 3 aromatic rings. The smallest absolute Gasteiger partial charge is 1.00 e. The number of carbonyl (C=O) groups is 4. The van der Waals surface area contributed by atoms with Gasteiger partial charge >= 0.3 is 29.6 Å². The number of piperazine rings is 2. The molecule has 0 radical (unpaired) electrons. The summed E-state index contributed by atoms with van der Waals surface area (Å²) >= 11 is 3.27. The van der Waals surface area contributed by atoms with Crippen molar-refractivity contribution < 1.29 is 59.6 Å². The van der Waals surface area contributed by atoms with Crippen LogP contribution in [-0.4, -0.2) is 111 Å². The quantitative estimate of drug-likeness (QED) is 0.152. The van der Waals surface area contributed by atoms with Gasteiger partial charge in [-0.2, -0.15) is 0 Å². The molecular formula is C55H69BrN5NaO6. The number of allylic oxidation sites excluding steroid dienone is 6. The van der Waals surface area contributed by atoms with Crippen molar-refractivity contribution in [3.63, 3.8) is 0 Å². The maximum atomic E-state index is 13.8. The van der Waals surface area contributed by atoms with Crippen LogP contribution in [0.15, 0.2) is 88.6 Å². The summed E-state index contributed by atoms with van der Waals surface area (Å²) in [6.07, 6.45) is 14.1. The SMILES string of the molecule is CC(C)=CCBr.COc1ccc2c(c1)C(CC=C(C)C)C1=C2C[C@H]2C(=O)N3CCC[C@H]3C(=O)N2[C@H]1C=C(C)C.COc1ccc2c3c([nH]c2c1)[C@H](C=C(C)C)N1C(=O)[C@@H]2CCCN2C(=O)[C@@H]1C3.[H-].[Na+]. The number of nitrogens with zero attached hydrogens (tertiary/aromatic N) is 4. The van der Waals surface area contributed by atoms with E-state index < -0.39 is 12.1 Å². The number of aromatic nitrogens is 1. The van der Waals surface area contributed by atoms with Gasteiger partial charge in [0.05, 0.1) is 26.3 Å². The van der Waals surface area contributed by atoms with E-state index in [1.165, 1.54) is 33.4 Å². The number of halogens is 1. The van der Waals surface area contributed by atoms with Gasteiger partial charge in [0.25, 0.3) is 0 Å². The summed E-state index contributed by atoms with van der Waals surface area (Å²) in [5.74, 6) is 2.25. The zero-order chi connectivity index (χ0) is 48.0. The molecule has 7 aliphatic rings. The van der Waals surface area contributed by atoms with Gasteiger partial charge in [0.15, 0.2) is 0 Å². The van der Waals surface area contributed by atoms with Gasteiger partial charge in [0.2, 0.25) is 23.6 Å². The van der Waals surface area contributed by atoms with Crippen molar-refractivity contribution in [1.29, 1.82) is 0 Å². The number of methoxy groups -OCH3 is 2. The Morgan fingerprint density at radius 3 is 1.78 bits per heavy atom. The number of amides is 4. The summed E-state index contributed by atoms with van der Waals surface area (Å²) in [6, 6.07) is 10.5. The van der Waals surface area contributed by atoms with Gasteiger partial charge in [0.1, 0.15) is 35.7 Å². The van der Waals surface area contributed by atoms with E-state index in [-0.39, 0.29) is 84.7 Å². The summed E-state index contributed by atoms with van der Waals surface area (Å²) in [7, 11) is 3.35. The van der Waals surface area contributed by atoms with Crippen LogP contribution in [0, 0.1) is 0 Å². The number of nitrogens with one attached hydrogen (secondary N) is 1. The van der Waals surface area contributed by atoms with E-state index in [9.17, 15) is 19.2 Å². The van der Waals surface area contributed by atoms with Gasteiger partial charge < -0.3 is 35.5 Å². The number of aromatic amines is 1. The monoisotopic (exact) mass is 997 g/mol. The Labute approximate surface area is 435 Å². The van der Waals surface area contributed by atoms with E-state index in [1.807, 2.05) is 57.7 Å². The number of benzene rings is 2. The first kappa shape index (κ1) is 51.5. The van der Waals surface area contributed by atoms with Gasteiger partial charge in [0, 0.05) is 59.8 Å². The van der Waals surface area contributed by atoms with Crippen molar-refractivity contribution in [2.45, 2.75) is 143 Å². The molecule has 1 N–H and O–H groups in total. The van der Waals surface area contributed by atoms with Crippen molar-refractivity contribution in [1.82, 2.24) is 24.6 Å². The van der Waals surface area contributed by atoms with Crippen LogP contribution >= 0.6 is 15.9 Å². The first-order valence-electron chi connectivity index (χ1n) is 24.1. The zero-order valence-electron chi connectivity index (χ0n) is 43.0. The van der Waals surface area contributed by atoms with Crippen molar-refractivity contribution in [2.24, 2.45) is 0 Å². The van der Waals surface area contributed by atoms with Crippen LogP contribution in [0.5, 0.6) is 11.5 Å². The first-order chi connectivity index (χ1) is 32.1. The average Bonchev–Trinajstić information content (AvgIpc) is 4.11. The number of rotatable bonds is 7. The fourth-order valence-electron chi connectivity index (χ4n) is 11.5. The molecule has 7 heterocycles. The van der Waals surface area contributed by atoms with Gasteiger partial charge in [-0.1, -0.05) is 68.6 Å². The molecule has 2 aromatic carbocycles. The summed E-state index contributed by atoms with van der Waals surface area (Å²) < 4.78 is 10.9. The second kappa shape index (κ2) is 21.3. The van der Waals surface area contributed by atoms with Gasteiger partial charge in [-0.25, -0.2) is 0 Å². The Kier molecular flexibility index (Phi) is 16.1. The molecule has 11 nitrogen and oxygen atoms in total. The molecule has 7 atom stereocenters. The van der Waals surface area contributed by atoms with Crippen LogP contribution < -0.4 is 39.0 Å². The molecule has 0 bridgehead atoms. The van der Waals surface area contributed by atoms with Crippen molar-refractivity contribution in [3.05, 3.63) is 111 Å². The predicted molar refractivity (Wildman–Crippen MR) is 270 cm³/mol. The van der Waals surface area contributed by atoms with Gasteiger partial charge in [-0.15, -0.1) is 0 Å². The van der Waals surface area contributed by atoms with Gasteiger partial charge in [-0.3, -0.25) is 19.2 Å². The van der Waals surface area contributed by atoms with Crippen LogP contribution in [0.2, 0.25) is 0 Å². The number of hydrogen-bond donors (Lipinski definition) is 1. The minimum atomic E-state index is -0.420. The van der Waals surface area contributed by atoms with E-state index in [0.717, 1.165) is 82.2 Å². The maximum absolute atomic E-state index is 13.8. The van der Waals surface area contributed by atoms with Crippen LogP contribution in [0.4, 0.5) is 0 Å². The molecule has 0 spiro atoms. The maximum Gasteiger partial charge on any atom is 1.00 e. The van der Waals surface area contributed by atoms with Crippen molar-refractivity contribution in [3.8, 4) is 11.5 Å². The number of hydrogen-bond acceptors (Lipinski definition) is 6. The first-order valence-corrected chi connectivity index (χ1v) is 25.2. The number of fused-ring (bicyclic) bond motifs is 9. The average molecular weight is 999 g/mol. The third kappa shape index (κ3) is 9.60. The van der Waals surface area contributed by atoms with Crippen LogP contribution in [0.25, 0.3) is 16.5 Å². The van der Waals surface area contributed by atoms with Crippen molar-refractivity contribution >= 4 is 56.0 Å². The molecule has 4 fully saturated rings. The Balaban J connectivity index is 0.000000200. The zero-order valence-corrected chi connectivity index (χ0v) is 45.6. The number of carbonyl (C=O) groups excluding carboxylic acids is 4. The van der Waals surface area contributed by atoms with E-state index in [1.54, 1.807) is 14.2 Å². The topological polar surface area (TPSA) is 115 Å². The number of ether oxygens (including phenoxy) is 2. The van der Waals surface area contributed by atoms with Crippen molar-refractivity contribution in [2.75, 3.05) is 32.6 Å². The van der Waals surface area contributed by atoms with E-state index in [0.29, 0.717) is 25.9 Å². The molecule has 6 aliphatic heterocycles. The molecule has 1 unspecified atom stereocenters. The molecule has 1 aliphatic carbocycles. The predicted octanol–water partition coefficient (Wildman–Crippen LogP) is 7.25. The second-order valence-corrected chi connectivity index (χ2v) is 20.7. The van der Waals surface area contributed by atoms with E-state index >= 15 is 0 Å². The van der Waals surface area contributed by atoms with Crippen LogP contribution in [0.3, 0.4) is 0 Å². The molecular weight excluding hydrogens is 930 g/mol.